The van der Waals surface area contributed by atoms with E-state index in [9.17, 15) is 0 Å². The molecule has 0 aliphatic carbocycles. The van der Waals surface area contributed by atoms with E-state index in [0.717, 1.165) is 39.3 Å². The quantitative estimate of drug-likeness (QED) is 0.459. The minimum Gasteiger partial charge on any atom is -0.497 e. The molecular formula is C21H18ClN5O. The van der Waals surface area contributed by atoms with E-state index in [4.69, 9.17) is 21.3 Å². The van der Waals surface area contributed by atoms with E-state index < -0.39 is 0 Å². The number of nitrogens with one attached hydrogen (secondary N) is 2. The van der Waals surface area contributed by atoms with E-state index in [1.54, 1.807) is 19.5 Å². The van der Waals surface area contributed by atoms with Gasteiger partial charge in [0.1, 0.15) is 11.6 Å². The zero-order valence-electron chi connectivity index (χ0n) is 15.4. The Labute approximate surface area is 167 Å². The first-order chi connectivity index (χ1) is 13.7. The van der Waals surface area contributed by atoms with Crippen LogP contribution in [0.4, 0.5) is 17.2 Å². The Hall–Kier alpha value is -3.38. The number of nitrogens with zero attached hydrogens (tertiary/aromatic N) is 3. The van der Waals surface area contributed by atoms with Crippen molar-refractivity contribution in [1.82, 2.24) is 15.0 Å². The Kier molecular flexibility index (Phi) is 4.95. The Morgan fingerprint density at radius 1 is 0.929 bits per heavy atom. The minimum absolute atomic E-state index is 0.441. The predicted molar refractivity (Wildman–Crippen MR) is 114 cm³/mol. The van der Waals surface area contributed by atoms with E-state index in [1.165, 1.54) is 0 Å². The third-order valence-corrected chi connectivity index (χ3v) is 4.63. The van der Waals surface area contributed by atoms with Gasteiger partial charge in [-0.15, -0.1) is 0 Å². The van der Waals surface area contributed by atoms with Crippen LogP contribution in [0.3, 0.4) is 0 Å². The smallest absolute Gasteiger partial charge is 0.152 e. The van der Waals surface area contributed by atoms with Gasteiger partial charge in [-0.25, -0.2) is 9.97 Å². The van der Waals surface area contributed by atoms with Crippen molar-refractivity contribution in [2.45, 2.75) is 0 Å². The first kappa shape index (κ1) is 18.0. The third kappa shape index (κ3) is 3.68. The van der Waals surface area contributed by atoms with E-state index >= 15 is 0 Å². The number of aromatic nitrogens is 3. The van der Waals surface area contributed by atoms with Gasteiger partial charge in [0.05, 0.1) is 30.0 Å². The molecule has 2 heterocycles. The molecule has 0 saturated heterocycles. The van der Waals surface area contributed by atoms with Gasteiger partial charge in [0, 0.05) is 30.6 Å². The van der Waals surface area contributed by atoms with Crippen LogP contribution in [0.15, 0.2) is 60.9 Å². The molecule has 0 aliphatic heterocycles. The lowest BCUT2D eigenvalue weighted by atomic mass is 10.1. The van der Waals surface area contributed by atoms with Gasteiger partial charge in [-0.2, -0.15) is 0 Å². The second-order valence-electron chi connectivity index (χ2n) is 6.13. The van der Waals surface area contributed by atoms with Crippen LogP contribution < -0.4 is 15.4 Å². The topological polar surface area (TPSA) is 72.0 Å². The number of fused-ring (bicyclic) bond motifs is 1. The van der Waals surface area contributed by atoms with Gasteiger partial charge in [0.15, 0.2) is 5.15 Å². The zero-order valence-corrected chi connectivity index (χ0v) is 16.2. The molecule has 0 bridgehead atoms. The largest absolute Gasteiger partial charge is 0.497 e. The molecule has 0 aliphatic rings. The van der Waals surface area contributed by atoms with Gasteiger partial charge in [0.25, 0.3) is 0 Å². The minimum atomic E-state index is 0.441. The second-order valence-corrected chi connectivity index (χ2v) is 6.49. The molecule has 0 atom stereocenters. The highest BCUT2D eigenvalue weighted by atomic mass is 35.5. The number of halogens is 1. The fraction of sp³-hybridized carbons (Fsp3) is 0.0952. The number of anilines is 3. The van der Waals surface area contributed by atoms with Crippen LogP contribution in [0.25, 0.3) is 22.2 Å². The maximum atomic E-state index is 6.09. The molecule has 0 fully saturated rings. The Bertz CT molecular complexity index is 1150. The molecule has 7 heteroatoms. The van der Waals surface area contributed by atoms with Gasteiger partial charge in [-0.3, -0.25) is 4.98 Å². The maximum Gasteiger partial charge on any atom is 0.152 e. The fourth-order valence-corrected chi connectivity index (χ4v) is 3.08. The molecule has 0 spiro atoms. The summed E-state index contributed by atoms with van der Waals surface area (Å²) < 4.78 is 5.26. The molecule has 140 valence electrons. The molecule has 2 aromatic heterocycles. The van der Waals surface area contributed by atoms with Gasteiger partial charge in [-0.05, 0) is 35.9 Å². The fourth-order valence-electron chi connectivity index (χ4n) is 2.88. The van der Waals surface area contributed by atoms with Crippen molar-refractivity contribution in [3.63, 3.8) is 0 Å². The third-order valence-electron chi connectivity index (χ3n) is 4.33. The summed E-state index contributed by atoms with van der Waals surface area (Å²) in [6, 6.07) is 15.6. The van der Waals surface area contributed by atoms with Crippen molar-refractivity contribution in [2.24, 2.45) is 0 Å². The summed E-state index contributed by atoms with van der Waals surface area (Å²) in [5.74, 6) is 1.43. The molecular weight excluding hydrogens is 374 g/mol. The Balaban J connectivity index is 1.68. The first-order valence-corrected chi connectivity index (χ1v) is 9.05. The molecule has 2 aromatic carbocycles. The van der Waals surface area contributed by atoms with Crippen LogP contribution in [0.1, 0.15) is 0 Å². The number of hydrogen-bond donors (Lipinski definition) is 2. The summed E-state index contributed by atoms with van der Waals surface area (Å²) in [7, 11) is 3.45. The van der Waals surface area contributed by atoms with Crippen LogP contribution >= 0.6 is 11.6 Å². The predicted octanol–water partition coefficient (Wildman–Crippen LogP) is 5.14. The summed E-state index contributed by atoms with van der Waals surface area (Å²) in [6.07, 6.45) is 3.46. The lowest BCUT2D eigenvalue weighted by molar-refractivity contribution is 0.415. The molecule has 0 radical (unpaired) electrons. The molecule has 28 heavy (non-hydrogen) atoms. The first-order valence-electron chi connectivity index (χ1n) is 8.68. The van der Waals surface area contributed by atoms with Gasteiger partial charge < -0.3 is 15.4 Å². The summed E-state index contributed by atoms with van der Waals surface area (Å²) >= 11 is 6.09. The lowest BCUT2D eigenvalue weighted by Crippen LogP contribution is -1.96. The summed E-state index contributed by atoms with van der Waals surface area (Å²) in [5.41, 5.74) is 5.19. The van der Waals surface area contributed by atoms with Gasteiger partial charge in [0.2, 0.25) is 0 Å². The Morgan fingerprint density at radius 3 is 2.64 bits per heavy atom. The van der Waals surface area contributed by atoms with Crippen molar-refractivity contribution in [3.8, 4) is 16.9 Å². The standard InChI is InChI=1S/C21H18ClN5O/c1-23-19-9-14(11-25-21(19)22)13-6-7-17-18(8-13)27-20(12-24-17)26-15-4-3-5-16(10-15)28-2/h3-12,23H,1-2H3,(H,26,27). The van der Waals surface area contributed by atoms with E-state index in [1.807, 2.05) is 55.6 Å². The molecule has 6 nitrogen and oxygen atoms in total. The SMILES string of the molecule is CNc1cc(-c2ccc3ncc(Nc4cccc(OC)c4)nc3c2)cnc1Cl. The van der Waals surface area contributed by atoms with Crippen LogP contribution in [0.2, 0.25) is 5.15 Å². The highest BCUT2D eigenvalue weighted by Crippen LogP contribution is 2.28. The van der Waals surface area contributed by atoms with Crippen LogP contribution in [0.5, 0.6) is 5.75 Å². The summed E-state index contributed by atoms with van der Waals surface area (Å²) in [6.45, 7) is 0. The molecule has 2 N–H and O–H groups in total. The molecule has 0 saturated carbocycles. The number of methoxy groups -OCH3 is 1. The number of benzene rings is 2. The lowest BCUT2D eigenvalue weighted by Gasteiger charge is -2.09. The Morgan fingerprint density at radius 2 is 1.82 bits per heavy atom. The van der Waals surface area contributed by atoms with Crippen molar-refractivity contribution in [2.75, 3.05) is 24.8 Å². The normalized spacial score (nSPS) is 10.7. The van der Waals surface area contributed by atoms with E-state index in [0.29, 0.717) is 11.0 Å². The monoisotopic (exact) mass is 391 g/mol. The van der Waals surface area contributed by atoms with Crippen molar-refractivity contribution < 1.29 is 4.74 Å². The highest BCUT2D eigenvalue weighted by molar-refractivity contribution is 6.32. The molecule has 0 unspecified atom stereocenters. The molecule has 4 rings (SSSR count). The van der Waals surface area contributed by atoms with Crippen molar-refractivity contribution >= 4 is 39.8 Å². The average molecular weight is 392 g/mol. The van der Waals surface area contributed by atoms with Crippen LogP contribution in [-0.2, 0) is 0 Å². The highest BCUT2D eigenvalue weighted by Gasteiger charge is 2.07. The van der Waals surface area contributed by atoms with Crippen molar-refractivity contribution in [1.29, 1.82) is 0 Å². The zero-order chi connectivity index (χ0) is 19.5. The number of hydrogen-bond acceptors (Lipinski definition) is 6. The molecule has 4 aromatic rings. The average Bonchev–Trinajstić information content (AvgIpc) is 2.73. The van der Waals surface area contributed by atoms with E-state index in [2.05, 4.69) is 20.6 Å². The number of ether oxygens (including phenoxy) is 1. The number of rotatable bonds is 5. The van der Waals surface area contributed by atoms with Gasteiger partial charge in [-0.1, -0.05) is 23.7 Å². The maximum absolute atomic E-state index is 6.09. The second kappa shape index (κ2) is 7.70. The van der Waals surface area contributed by atoms with Gasteiger partial charge >= 0.3 is 0 Å². The van der Waals surface area contributed by atoms with E-state index in [-0.39, 0.29) is 0 Å². The number of pyridine rings is 1. The van der Waals surface area contributed by atoms with Crippen LogP contribution in [-0.4, -0.2) is 29.1 Å². The van der Waals surface area contributed by atoms with Crippen molar-refractivity contribution in [3.05, 3.63) is 66.1 Å². The summed E-state index contributed by atoms with van der Waals surface area (Å²) in [5, 5.41) is 6.75. The molecule has 0 amide bonds. The van der Waals surface area contributed by atoms with Crippen LogP contribution in [0, 0.1) is 0 Å². The summed E-state index contributed by atoms with van der Waals surface area (Å²) in [4.78, 5) is 13.4.